The van der Waals surface area contributed by atoms with Crippen molar-refractivity contribution in [3.8, 4) is 0 Å². The minimum atomic E-state index is -0.0457. The lowest BCUT2D eigenvalue weighted by atomic mass is 10.2. The molecule has 1 aromatic rings. The minimum Gasteiger partial charge on any atom is -0.352 e. The van der Waals surface area contributed by atoms with Gasteiger partial charge in [0.15, 0.2) is 0 Å². The molecule has 0 radical (unpaired) electrons. The van der Waals surface area contributed by atoms with Crippen molar-refractivity contribution in [1.29, 1.82) is 0 Å². The highest BCUT2D eigenvalue weighted by molar-refractivity contribution is 5.94. The fraction of sp³-hybridized carbons (Fsp3) is 0.562. The second kappa shape index (κ2) is 9.89. The number of nitrogens with zero attached hydrogens (tertiary/aromatic N) is 4. The van der Waals surface area contributed by atoms with E-state index in [-0.39, 0.29) is 5.91 Å². The maximum absolute atomic E-state index is 12.0. The van der Waals surface area contributed by atoms with Crippen molar-refractivity contribution in [1.82, 2.24) is 15.2 Å². The Morgan fingerprint density at radius 1 is 1.14 bits per heavy atom. The SMILES string of the molecule is CCN(CC)CCCNC(=O)c1ccc(N=NN(C)C)cc1. The van der Waals surface area contributed by atoms with Gasteiger partial charge in [0.2, 0.25) is 0 Å². The van der Waals surface area contributed by atoms with E-state index in [4.69, 9.17) is 0 Å². The second-order valence-electron chi connectivity index (χ2n) is 5.22. The predicted molar refractivity (Wildman–Crippen MR) is 89.4 cm³/mol. The van der Waals surface area contributed by atoms with Gasteiger partial charge in [-0.1, -0.05) is 19.1 Å². The fourth-order valence-corrected chi connectivity index (χ4v) is 1.97. The van der Waals surface area contributed by atoms with E-state index in [0.29, 0.717) is 12.1 Å². The predicted octanol–water partition coefficient (Wildman–Crippen LogP) is 2.71. The molecular formula is C16H27N5O. The molecule has 0 atom stereocenters. The van der Waals surface area contributed by atoms with E-state index in [1.165, 1.54) is 0 Å². The molecule has 122 valence electrons. The molecular weight excluding hydrogens is 278 g/mol. The quantitative estimate of drug-likeness (QED) is 0.433. The van der Waals surface area contributed by atoms with E-state index in [9.17, 15) is 4.79 Å². The van der Waals surface area contributed by atoms with E-state index in [0.717, 1.165) is 31.7 Å². The fourth-order valence-electron chi connectivity index (χ4n) is 1.97. The van der Waals surface area contributed by atoms with E-state index < -0.39 is 0 Å². The molecule has 1 amide bonds. The molecule has 0 unspecified atom stereocenters. The molecule has 0 aliphatic carbocycles. The van der Waals surface area contributed by atoms with Crippen LogP contribution in [-0.4, -0.2) is 56.1 Å². The van der Waals surface area contributed by atoms with Crippen LogP contribution in [0.15, 0.2) is 34.6 Å². The van der Waals surface area contributed by atoms with Gasteiger partial charge in [-0.3, -0.25) is 9.80 Å². The lowest BCUT2D eigenvalue weighted by molar-refractivity contribution is 0.0952. The minimum absolute atomic E-state index is 0.0457. The Morgan fingerprint density at radius 2 is 1.77 bits per heavy atom. The molecule has 0 heterocycles. The van der Waals surface area contributed by atoms with Crippen molar-refractivity contribution in [3.05, 3.63) is 29.8 Å². The number of benzene rings is 1. The Bertz CT molecular complexity index is 466. The van der Waals surface area contributed by atoms with Crippen molar-refractivity contribution in [2.75, 3.05) is 40.3 Å². The summed E-state index contributed by atoms with van der Waals surface area (Å²) in [6.07, 6.45) is 0.961. The van der Waals surface area contributed by atoms with Gasteiger partial charge < -0.3 is 10.2 Å². The van der Waals surface area contributed by atoms with Gasteiger partial charge in [-0.2, -0.15) is 0 Å². The highest BCUT2D eigenvalue weighted by atomic mass is 16.1. The highest BCUT2D eigenvalue weighted by Gasteiger charge is 2.05. The van der Waals surface area contributed by atoms with Gasteiger partial charge in [-0.25, -0.2) is 0 Å². The Morgan fingerprint density at radius 3 is 2.32 bits per heavy atom. The number of amides is 1. The van der Waals surface area contributed by atoms with Gasteiger partial charge >= 0.3 is 0 Å². The summed E-state index contributed by atoms with van der Waals surface area (Å²) in [5.74, 6) is -0.0457. The normalized spacial score (nSPS) is 11.1. The van der Waals surface area contributed by atoms with Crippen LogP contribution in [0.3, 0.4) is 0 Å². The first-order valence-corrected chi connectivity index (χ1v) is 7.76. The molecule has 1 N–H and O–H groups in total. The Hall–Kier alpha value is -1.95. The zero-order valence-electron chi connectivity index (χ0n) is 14.0. The van der Waals surface area contributed by atoms with Crippen LogP contribution in [0.4, 0.5) is 5.69 Å². The Balaban J connectivity index is 2.39. The first-order chi connectivity index (χ1) is 10.6. The van der Waals surface area contributed by atoms with Crippen LogP contribution >= 0.6 is 0 Å². The largest absolute Gasteiger partial charge is 0.352 e. The molecule has 1 rings (SSSR count). The summed E-state index contributed by atoms with van der Waals surface area (Å²) in [6.45, 7) is 8.10. The average molecular weight is 305 g/mol. The third-order valence-electron chi connectivity index (χ3n) is 3.30. The standard InChI is InChI=1S/C16H27N5O/c1-5-21(6-2)13-7-12-17-16(22)14-8-10-15(11-9-14)18-19-20(3)4/h8-11H,5-7,12-13H2,1-4H3,(H,17,22). The summed E-state index contributed by atoms with van der Waals surface area (Å²) in [5.41, 5.74) is 1.37. The van der Waals surface area contributed by atoms with Crippen LogP contribution in [0.1, 0.15) is 30.6 Å². The molecule has 0 saturated heterocycles. The van der Waals surface area contributed by atoms with E-state index in [2.05, 4.69) is 34.4 Å². The Kier molecular flexibility index (Phi) is 8.14. The van der Waals surface area contributed by atoms with Crippen LogP contribution in [0.2, 0.25) is 0 Å². The van der Waals surface area contributed by atoms with Gasteiger partial charge in [0.25, 0.3) is 5.91 Å². The first kappa shape index (κ1) is 18.1. The summed E-state index contributed by atoms with van der Waals surface area (Å²) in [4.78, 5) is 14.4. The molecule has 0 aliphatic rings. The van der Waals surface area contributed by atoms with Crippen molar-refractivity contribution in [3.63, 3.8) is 0 Å². The van der Waals surface area contributed by atoms with Crippen molar-refractivity contribution >= 4 is 11.6 Å². The molecule has 0 spiro atoms. The molecule has 6 heteroatoms. The maximum Gasteiger partial charge on any atom is 0.251 e. The molecule has 1 aromatic carbocycles. The van der Waals surface area contributed by atoms with Crippen LogP contribution in [-0.2, 0) is 0 Å². The molecule has 0 saturated carbocycles. The van der Waals surface area contributed by atoms with Gasteiger partial charge in [-0.05, 0) is 50.3 Å². The average Bonchev–Trinajstić information content (AvgIpc) is 2.53. The number of nitrogens with one attached hydrogen (secondary N) is 1. The molecule has 0 fully saturated rings. The maximum atomic E-state index is 12.0. The third kappa shape index (κ3) is 6.67. The third-order valence-corrected chi connectivity index (χ3v) is 3.30. The van der Waals surface area contributed by atoms with Crippen molar-refractivity contribution in [2.24, 2.45) is 10.3 Å². The topological polar surface area (TPSA) is 60.3 Å². The monoisotopic (exact) mass is 305 g/mol. The van der Waals surface area contributed by atoms with E-state index in [1.54, 1.807) is 29.3 Å². The number of rotatable bonds is 9. The smallest absolute Gasteiger partial charge is 0.251 e. The van der Waals surface area contributed by atoms with Gasteiger partial charge in [0.1, 0.15) is 0 Å². The summed E-state index contributed by atoms with van der Waals surface area (Å²) < 4.78 is 0. The lowest BCUT2D eigenvalue weighted by Crippen LogP contribution is -2.29. The molecule has 0 bridgehead atoms. The Labute approximate surface area is 133 Å². The van der Waals surface area contributed by atoms with Gasteiger partial charge in [0.05, 0.1) is 5.69 Å². The molecule has 0 aliphatic heterocycles. The summed E-state index contributed by atoms with van der Waals surface area (Å²) in [6, 6.07) is 7.11. The number of carbonyl (C=O) groups excluding carboxylic acids is 1. The second-order valence-corrected chi connectivity index (χ2v) is 5.22. The number of hydrogen-bond acceptors (Lipinski definition) is 4. The van der Waals surface area contributed by atoms with Gasteiger partial charge in [-0.15, -0.1) is 5.11 Å². The van der Waals surface area contributed by atoms with Crippen molar-refractivity contribution in [2.45, 2.75) is 20.3 Å². The molecule has 22 heavy (non-hydrogen) atoms. The van der Waals surface area contributed by atoms with Crippen LogP contribution in [0.5, 0.6) is 0 Å². The number of carbonyl (C=O) groups is 1. The van der Waals surface area contributed by atoms with Crippen molar-refractivity contribution < 1.29 is 4.79 Å². The summed E-state index contributed by atoms with van der Waals surface area (Å²) >= 11 is 0. The zero-order valence-corrected chi connectivity index (χ0v) is 14.0. The molecule has 0 aromatic heterocycles. The summed E-state index contributed by atoms with van der Waals surface area (Å²) in [7, 11) is 3.62. The van der Waals surface area contributed by atoms with E-state index in [1.807, 2.05) is 14.1 Å². The molecule has 6 nitrogen and oxygen atoms in total. The summed E-state index contributed by atoms with van der Waals surface area (Å²) in [5, 5.41) is 12.5. The highest BCUT2D eigenvalue weighted by Crippen LogP contribution is 2.13. The number of hydrogen-bond donors (Lipinski definition) is 1. The van der Waals surface area contributed by atoms with Crippen LogP contribution < -0.4 is 5.32 Å². The van der Waals surface area contributed by atoms with E-state index >= 15 is 0 Å². The van der Waals surface area contributed by atoms with Crippen LogP contribution in [0, 0.1) is 0 Å². The van der Waals surface area contributed by atoms with Crippen LogP contribution in [0.25, 0.3) is 0 Å². The first-order valence-electron chi connectivity index (χ1n) is 7.76. The van der Waals surface area contributed by atoms with Gasteiger partial charge in [0, 0.05) is 26.2 Å². The lowest BCUT2D eigenvalue weighted by Gasteiger charge is -2.17. The zero-order chi connectivity index (χ0) is 16.4.